The first-order chi connectivity index (χ1) is 11.5. The van der Waals surface area contributed by atoms with Crippen LogP contribution in [0, 0.1) is 0 Å². The Labute approximate surface area is 150 Å². The second-order valence-corrected chi connectivity index (χ2v) is 5.94. The molecule has 0 amide bonds. The minimum Gasteiger partial charge on any atom is -0.465 e. The van der Waals surface area contributed by atoms with Gasteiger partial charge in [0.25, 0.3) is 6.02 Å². The number of methoxy groups -OCH3 is 1. The molecule has 1 aliphatic heterocycles. The Balaban J connectivity index is 2.73. The van der Waals surface area contributed by atoms with Crippen molar-refractivity contribution in [3.63, 3.8) is 0 Å². The average Bonchev–Trinajstić information content (AvgIpc) is 2.52. The molecule has 0 saturated heterocycles. The summed E-state index contributed by atoms with van der Waals surface area (Å²) in [5, 5.41) is 0.258. The van der Waals surface area contributed by atoms with Crippen LogP contribution in [0.15, 0.2) is 28.2 Å². The first-order valence-corrected chi connectivity index (χ1v) is 7.43. The molecule has 1 aliphatic rings. The van der Waals surface area contributed by atoms with Crippen molar-refractivity contribution in [3.8, 4) is 0 Å². The quantitative estimate of drug-likeness (QED) is 0.719. The lowest BCUT2D eigenvalue weighted by molar-refractivity contribution is -0.202. The molecule has 11 heteroatoms. The summed E-state index contributed by atoms with van der Waals surface area (Å²) in [5.41, 5.74) is -3.49. The van der Waals surface area contributed by atoms with Crippen LogP contribution in [0.5, 0.6) is 0 Å². The molecule has 1 unspecified atom stereocenters. The van der Waals surface area contributed by atoms with Crippen molar-refractivity contribution in [2.24, 2.45) is 9.98 Å². The number of carbonyl (C=O) groups excluding carboxylic acids is 1. The number of halogens is 5. The van der Waals surface area contributed by atoms with Gasteiger partial charge < -0.3 is 14.4 Å². The van der Waals surface area contributed by atoms with Gasteiger partial charge in [0.2, 0.25) is 5.90 Å². The van der Waals surface area contributed by atoms with Crippen LogP contribution in [0.25, 0.3) is 0 Å². The number of amidine groups is 1. The average molecular weight is 398 g/mol. The molecular weight excluding hydrogens is 386 g/mol. The second kappa shape index (κ2) is 6.72. The molecule has 0 bridgehead atoms. The lowest BCUT2D eigenvalue weighted by atomic mass is 10.1. The molecule has 1 atom stereocenters. The summed E-state index contributed by atoms with van der Waals surface area (Å²) in [5.74, 6) is -2.24. The molecule has 1 aromatic rings. The number of ether oxygens (including phenoxy) is 2. The molecule has 6 nitrogen and oxygen atoms in total. The highest BCUT2D eigenvalue weighted by Crippen LogP contribution is 2.39. The van der Waals surface area contributed by atoms with Crippen molar-refractivity contribution in [3.05, 3.63) is 33.8 Å². The lowest BCUT2D eigenvalue weighted by Gasteiger charge is -2.31. The van der Waals surface area contributed by atoms with E-state index in [1.807, 2.05) is 0 Å². The van der Waals surface area contributed by atoms with E-state index in [0.717, 1.165) is 12.0 Å². The van der Waals surface area contributed by atoms with Gasteiger partial charge in [-0.25, -0.2) is 4.79 Å². The first kappa shape index (κ1) is 19.3. The Morgan fingerprint density at radius 2 is 1.92 bits per heavy atom. The summed E-state index contributed by atoms with van der Waals surface area (Å²) in [4.78, 5) is 19.8. The molecule has 0 spiro atoms. The summed E-state index contributed by atoms with van der Waals surface area (Å²) in [6.45, 7) is 0. The van der Waals surface area contributed by atoms with Crippen molar-refractivity contribution in [1.29, 1.82) is 0 Å². The molecule has 0 radical (unpaired) electrons. The van der Waals surface area contributed by atoms with Crippen molar-refractivity contribution >= 4 is 41.1 Å². The normalized spacial score (nSPS) is 20.3. The lowest BCUT2D eigenvalue weighted by Crippen LogP contribution is -2.54. The van der Waals surface area contributed by atoms with Gasteiger partial charge in [-0.1, -0.05) is 23.2 Å². The van der Waals surface area contributed by atoms with Crippen LogP contribution in [-0.4, -0.2) is 55.8 Å². The molecule has 2 rings (SSSR count). The third-order valence-corrected chi connectivity index (χ3v) is 3.67. The molecule has 0 N–H and O–H groups in total. The van der Waals surface area contributed by atoms with Gasteiger partial charge in [-0.15, -0.1) is 0 Å². The van der Waals surface area contributed by atoms with E-state index >= 15 is 0 Å². The van der Waals surface area contributed by atoms with Gasteiger partial charge >= 0.3 is 17.8 Å². The van der Waals surface area contributed by atoms with E-state index in [1.165, 1.54) is 32.3 Å². The van der Waals surface area contributed by atoms with Crippen LogP contribution in [0.4, 0.5) is 13.2 Å². The van der Waals surface area contributed by atoms with E-state index in [1.54, 1.807) is 0 Å². The van der Waals surface area contributed by atoms with E-state index in [9.17, 15) is 18.0 Å². The molecule has 0 saturated carbocycles. The number of benzene rings is 1. The third-order valence-electron chi connectivity index (χ3n) is 3.12. The van der Waals surface area contributed by atoms with E-state index in [2.05, 4.69) is 14.7 Å². The zero-order valence-corrected chi connectivity index (χ0v) is 14.7. The van der Waals surface area contributed by atoms with Gasteiger partial charge in [0.05, 0.1) is 17.7 Å². The highest BCUT2D eigenvalue weighted by atomic mass is 35.5. The molecule has 136 valence electrons. The summed E-state index contributed by atoms with van der Waals surface area (Å²) in [6, 6.07) is 3.53. The fraction of sp³-hybridized carbons (Fsp3) is 0.357. The maximum absolute atomic E-state index is 13.7. The van der Waals surface area contributed by atoms with E-state index < -0.39 is 29.7 Å². The minimum absolute atomic E-state index is 0.00723. The Bertz CT molecular complexity index is 765. The van der Waals surface area contributed by atoms with Crippen LogP contribution in [0.1, 0.15) is 5.56 Å². The largest absolute Gasteiger partial charge is 0.465 e. The SMILES string of the molecule is COC(=O)C1(C(F)(F)F)N=C(c2ccc(Cl)cc2Cl)OC(N(C)C)=N1. The zero-order valence-electron chi connectivity index (χ0n) is 13.2. The predicted octanol–water partition coefficient (Wildman–Crippen LogP) is 3.12. The topological polar surface area (TPSA) is 63.5 Å². The predicted molar refractivity (Wildman–Crippen MR) is 86.0 cm³/mol. The van der Waals surface area contributed by atoms with Gasteiger partial charge in [0.1, 0.15) is 0 Å². The fourth-order valence-electron chi connectivity index (χ4n) is 1.89. The Hall–Kier alpha value is -2.00. The number of hydrogen-bond donors (Lipinski definition) is 0. The first-order valence-electron chi connectivity index (χ1n) is 6.67. The maximum atomic E-state index is 13.7. The number of nitrogens with zero attached hydrogens (tertiary/aromatic N) is 3. The smallest absolute Gasteiger partial charge is 0.446 e. The van der Waals surface area contributed by atoms with Gasteiger partial charge in [0.15, 0.2) is 0 Å². The van der Waals surface area contributed by atoms with E-state index in [4.69, 9.17) is 27.9 Å². The number of alkyl halides is 3. The molecule has 25 heavy (non-hydrogen) atoms. The summed E-state index contributed by atoms with van der Waals surface area (Å²) < 4.78 is 50.6. The highest BCUT2D eigenvalue weighted by molar-refractivity contribution is 6.37. The fourth-order valence-corrected chi connectivity index (χ4v) is 2.38. The second-order valence-electron chi connectivity index (χ2n) is 5.09. The Kier molecular flexibility index (Phi) is 5.19. The van der Waals surface area contributed by atoms with Gasteiger partial charge in [-0.2, -0.15) is 23.2 Å². The van der Waals surface area contributed by atoms with Gasteiger partial charge in [-0.3, -0.25) is 0 Å². The zero-order chi connectivity index (χ0) is 19.0. The number of carbonyl (C=O) groups is 1. The molecule has 0 aliphatic carbocycles. The van der Waals surface area contributed by atoms with Gasteiger partial charge in [0, 0.05) is 19.1 Å². The van der Waals surface area contributed by atoms with Crippen LogP contribution in [0.2, 0.25) is 10.0 Å². The molecular formula is C14H12Cl2F3N3O3. The van der Waals surface area contributed by atoms with E-state index in [0.29, 0.717) is 0 Å². The standard InChI is InChI=1S/C14H12Cl2F3N3O3/c1-22(2)12-21-13(11(23)24-3,14(17,18)19)20-10(25-12)8-5-4-7(15)6-9(8)16/h4-6H,1-3H3. The molecule has 1 aromatic carbocycles. The number of esters is 1. The van der Waals surface area contributed by atoms with Crippen molar-refractivity contribution < 1.29 is 27.4 Å². The van der Waals surface area contributed by atoms with Crippen LogP contribution >= 0.6 is 23.2 Å². The number of hydrogen-bond acceptors (Lipinski definition) is 6. The summed E-state index contributed by atoms with van der Waals surface area (Å²) in [6.07, 6.45) is -5.17. The van der Waals surface area contributed by atoms with Gasteiger partial charge in [-0.05, 0) is 18.2 Å². The Morgan fingerprint density at radius 3 is 2.40 bits per heavy atom. The van der Waals surface area contributed by atoms with Crippen LogP contribution in [0.3, 0.4) is 0 Å². The molecule has 0 aromatic heterocycles. The Morgan fingerprint density at radius 1 is 1.28 bits per heavy atom. The molecule has 0 fully saturated rings. The van der Waals surface area contributed by atoms with Crippen molar-refractivity contribution in [1.82, 2.24) is 4.90 Å². The van der Waals surface area contributed by atoms with E-state index in [-0.39, 0.29) is 15.6 Å². The minimum atomic E-state index is -5.17. The summed E-state index contributed by atoms with van der Waals surface area (Å²) >= 11 is 11.8. The van der Waals surface area contributed by atoms with Crippen molar-refractivity contribution in [2.75, 3.05) is 21.2 Å². The number of aliphatic imine (C=N–C) groups is 2. The monoisotopic (exact) mass is 397 g/mol. The summed E-state index contributed by atoms with van der Waals surface area (Å²) in [7, 11) is 3.59. The third kappa shape index (κ3) is 3.52. The van der Waals surface area contributed by atoms with Crippen molar-refractivity contribution in [2.45, 2.75) is 11.8 Å². The number of rotatable bonds is 2. The highest BCUT2D eigenvalue weighted by Gasteiger charge is 2.65. The van der Waals surface area contributed by atoms with Crippen LogP contribution in [-0.2, 0) is 14.3 Å². The maximum Gasteiger partial charge on any atom is 0.446 e. The van der Waals surface area contributed by atoms with Crippen LogP contribution < -0.4 is 0 Å². The molecule has 1 heterocycles.